The van der Waals surface area contributed by atoms with Gasteiger partial charge in [-0.2, -0.15) is 0 Å². The lowest BCUT2D eigenvalue weighted by molar-refractivity contribution is -0.148. The van der Waals surface area contributed by atoms with Crippen LogP contribution in [0.4, 0.5) is 4.79 Å². The van der Waals surface area contributed by atoms with Gasteiger partial charge in [0.15, 0.2) is 0 Å². The number of fused-ring (bicyclic) bond motifs is 3. The maximum absolute atomic E-state index is 12.6. The third-order valence-corrected chi connectivity index (χ3v) is 6.91. The van der Waals surface area contributed by atoms with E-state index < -0.39 is 18.1 Å². The van der Waals surface area contributed by atoms with E-state index in [-0.39, 0.29) is 30.3 Å². The highest BCUT2D eigenvalue weighted by Gasteiger charge is 2.48. The zero-order valence-corrected chi connectivity index (χ0v) is 17.7. The van der Waals surface area contributed by atoms with Crippen LogP contribution >= 0.6 is 0 Å². The fourth-order valence-corrected chi connectivity index (χ4v) is 5.14. The van der Waals surface area contributed by atoms with Crippen LogP contribution < -0.4 is 5.32 Å². The number of benzene rings is 2. The minimum atomic E-state index is -0.940. The predicted molar refractivity (Wildman–Crippen MR) is 117 cm³/mol. The van der Waals surface area contributed by atoms with Crippen molar-refractivity contribution in [3.8, 4) is 11.1 Å². The number of amides is 2. The van der Waals surface area contributed by atoms with Crippen molar-refractivity contribution in [2.24, 2.45) is 11.8 Å². The molecule has 2 unspecified atom stereocenters. The second-order valence-electron chi connectivity index (χ2n) is 8.84. The maximum atomic E-state index is 12.6. The molecule has 3 atom stereocenters. The number of hydrogen-bond donors (Lipinski definition) is 2. The van der Waals surface area contributed by atoms with E-state index in [1.807, 2.05) is 24.3 Å². The summed E-state index contributed by atoms with van der Waals surface area (Å²) >= 11 is 0. The van der Waals surface area contributed by atoms with Crippen molar-refractivity contribution < 1.29 is 24.2 Å². The molecule has 2 aromatic carbocycles. The van der Waals surface area contributed by atoms with Crippen LogP contribution in [0.2, 0.25) is 0 Å². The Labute approximate surface area is 186 Å². The summed E-state index contributed by atoms with van der Waals surface area (Å²) in [4.78, 5) is 37.8. The number of nitrogens with zero attached hydrogens (tertiary/aromatic N) is 1. The van der Waals surface area contributed by atoms with Crippen molar-refractivity contribution in [2.75, 3.05) is 19.7 Å². The largest absolute Gasteiger partial charge is 0.480 e. The number of alkyl carbamates (subject to hydrolysis) is 1. The van der Waals surface area contributed by atoms with Gasteiger partial charge in [0.05, 0.1) is 0 Å². The fraction of sp³-hybridized carbons (Fsp3) is 0.400. The molecule has 166 valence electrons. The Hall–Kier alpha value is -3.35. The molecule has 5 rings (SSSR count). The summed E-state index contributed by atoms with van der Waals surface area (Å²) < 4.78 is 5.54. The Balaban J connectivity index is 1.12. The van der Waals surface area contributed by atoms with Gasteiger partial charge in [0.1, 0.15) is 12.6 Å². The van der Waals surface area contributed by atoms with Crippen LogP contribution in [0.15, 0.2) is 48.5 Å². The van der Waals surface area contributed by atoms with Gasteiger partial charge in [0.2, 0.25) is 5.91 Å². The molecule has 0 radical (unpaired) electrons. The second-order valence-corrected chi connectivity index (χ2v) is 8.84. The molecule has 2 fully saturated rings. The van der Waals surface area contributed by atoms with Crippen molar-refractivity contribution in [2.45, 2.75) is 31.2 Å². The number of likely N-dealkylation sites (tertiary alicyclic amines) is 1. The summed E-state index contributed by atoms with van der Waals surface area (Å²) in [5.41, 5.74) is 4.68. The molecule has 32 heavy (non-hydrogen) atoms. The Morgan fingerprint density at radius 2 is 1.69 bits per heavy atom. The van der Waals surface area contributed by atoms with Gasteiger partial charge in [0.25, 0.3) is 0 Å². The smallest absolute Gasteiger partial charge is 0.407 e. The lowest BCUT2D eigenvalue weighted by Gasteiger charge is -2.21. The summed E-state index contributed by atoms with van der Waals surface area (Å²) in [5.74, 6) is -1.20. The van der Waals surface area contributed by atoms with Gasteiger partial charge in [-0.3, -0.25) is 4.79 Å². The van der Waals surface area contributed by atoms with Crippen LogP contribution in [-0.4, -0.2) is 53.7 Å². The predicted octanol–water partition coefficient (Wildman–Crippen LogP) is 3.24. The highest BCUT2D eigenvalue weighted by Crippen LogP contribution is 2.44. The van der Waals surface area contributed by atoms with Crippen molar-refractivity contribution in [3.63, 3.8) is 0 Å². The molecule has 0 bridgehead atoms. The summed E-state index contributed by atoms with van der Waals surface area (Å²) in [6, 6.07) is 15.6. The number of hydrogen-bond acceptors (Lipinski definition) is 4. The molecule has 3 aliphatic rings. The maximum Gasteiger partial charge on any atom is 0.407 e. The first-order chi connectivity index (χ1) is 15.5. The topological polar surface area (TPSA) is 95.9 Å². The molecule has 7 heteroatoms. The Morgan fingerprint density at radius 3 is 2.34 bits per heavy atom. The van der Waals surface area contributed by atoms with E-state index in [9.17, 15) is 19.5 Å². The molecule has 1 aliphatic heterocycles. The summed E-state index contributed by atoms with van der Waals surface area (Å²) in [7, 11) is 0. The fourth-order valence-electron chi connectivity index (χ4n) is 5.14. The van der Waals surface area contributed by atoms with Gasteiger partial charge in [0, 0.05) is 24.9 Å². The average Bonchev–Trinajstić information content (AvgIpc) is 3.27. The number of rotatable bonds is 6. The molecule has 2 aromatic rings. The third-order valence-electron chi connectivity index (χ3n) is 6.91. The van der Waals surface area contributed by atoms with Crippen LogP contribution in [0.25, 0.3) is 11.1 Å². The molecule has 2 amide bonds. The van der Waals surface area contributed by atoms with Crippen LogP contribution in [0, 0.1) is 11.8 Å². The molecule has 1 heterocycles. The highest BCUT2D eigenvalue weighted by atomic mass is 16.5. The SMILES string of the molecule is O=C(NCC1CC1C(=O)N1CCC[C@H]1C(=O)O)OCC1c2ccccc2-c2ccccc21. The minimum Gasteiger partial charge on any atom is -0.480 e. The van der Waals surface area contributed by atoms with Crippen LogP contribution in [0.1, 0.15) is 36.3 Å². The number of ether oxygens (including phenoxy) is 1. The Morgan fingerprint density at radius 1 is 1.03 bits per heavy atom. The molecule has 2 N–H and O–H groups in total. The Kier molecular flexibility index (Phi) is 5.33. The van der Waals surface area contributed by atoms with Gasteiger partial charge in [-0.25, -0.2) is 9.59 Å². The van der Waals surface area contributed by atoms with E-state index in [1.165, 1.54) is 16.0 Å². The number of carboxylic acid groups (broad SMARTS) is 1. The quantitative estimate of drug-likeness (QED) is 0.728. The first-order valence-electron chi connectivity index (χ1n) is 11.2. The molecule has 2 aliphatic carbocycles. The van der Waals surface area contributed by atoms with Crippen LogP contribution in [0.5, 0.6) is 0 Å². The standard InChI is InChI=1S/C25H26N2O5/c28-23(27-11-5-10-22(27)24(29)30)20-12-15(20)13-26-25(31)32-14-21-18-8-3-1-6-16(18)17-7-2-4-9-19(17)21/h1-4,6-9,15,20-22H,5,10-14H2,(H,26,31)(H,29,30)/t15?,20?,22-/m0/s1. The number of carboxylic acids is 1. The number of nitrogens with one attached hydrogen (secondary N) is 1. The van der Waals surface area contributed by atoms with Crippen molar-refractivity contribution >= 4 is 18.0 Å². The van der Waals surface area contributed by atoms with E-state index in [4.69, 9.17) is 4.74 Å². The van der Waals surface area contributed by atoms with Crippen LogP contribution in [0.3, 0.4) is 0 Å². The summed E-state index contributed by atoms with van der Waals surface area (Å²) in [6.45, 7) is 1.11. The number of aliphatic carboxylic acids is 1. The van der Waals surface area contributed by atoms with Crippen molar-refractivity contribution in [1.29, 1.82) is 0 Å². The lowest BCUT2D eigenvalue weighted by Crippen LogP contribution is -2.41. The van der Waals surface area contributed by atoms with Gasteiger partial charge in [-0.05, 0) is 47.4 Å². The molecule has 1 saturated carbocycles. The molecular weight excluding hydrogens is 408 g/mol. The van der Waals surface area contributed by atoms with E-state index in [0.717, 1.165) is 17.5 Å². The molecule has 7 nitrogen and oxygen atoms in total. The van der Waals surface area contributed by atoms with E-state index in [0.29, 0.717) is 25.9 Å². The van der Waals surface area contributed by atoms with Crippen LogP contribution in [-0.2, 0) is 14.3 Å². The normalized spacial score (nSPS) is 23.4. The third kappa shape index (κ3) is 3.72. The number of carbonyl (C=O) groups is 3. The monoisotopic (exact) mass is 434 g/mol. The van der Waals surface area contributed by atoms with Crippen molar-refractivity contribution in [1.82, 2.24) is 10.2 Å². The highest BCUT2D eigenvalue weighted by molar-refractivity contribution is 5.87. The zero-order chi connectivity index (χ0) is 22.2. The average molecular weight is 434 g/mol. The van der Waals surface area contributed by atoms with E-state index in [1.54, 1.807) is 0 Å². The zero-order valence-electron chi connectivity index (χ0n) is 17.7. The Bertz CT molecular complexity index is 1020. The molecule has 1 saturated heterocycles. The second kappa shape index (κ2) is 8.30. The lowest BCUT2D eigenvalue weighted by atomic mass is 9.98. The molecule has 0 aromatic heterocycles. The summed E-state index contributed by atoms with van der Waals surface area (Å²) in [5, 5.41) is 12.1. The molecule has 0 spiro atoms. The van der Waals surface area contributed by atoms with E-state index >= 15 is 0 Å². The molecular formula is C25H26N2O5. The van der Waals surface area contributed by atoms with E-state index in [2.05, 4.69) is 29.6 Å². The minimum absolute atomic E-state index is 0.00604. The van der Waals surface area contributed by atoms with Gasteiger partial charge < -0.3 is 20.1 Å². The van der Waals surface area contributed by atoms with Gasteiger partial charge >= 0.3 is 12.1 Å². The summed E-state index contributed by atoms with van der Waals surface area (Å²) in [6.07, 6.45) is 1.41. The first-order valence-corrected chi connectivity index (χ1v) is 11.2. The van der Waals surface area contributed by atoms with Gasteiger partial charge in [-0.1, -0.05) is 48.5 Å². The first kappa shape index (κ1) is 20.5. The van der Waals surface area contributed by atoms with Gasteiger partial charge in [-0.15, -0.1) is 0 Å². The van der Waals surface area contributed by atoms with Crippen molar-refractivity contribution in [3.05, 3.63) is 59.7 Å². The number of carbonyl (C=O) groups excluding carboxylic acids is 2.